The Morgan fingerprint density at radius 1 is 0.690 bits per heavy atom. The lowest BCUT2D eigenvalue weighted by atomic mass is 10.2. The van der Waals surface area contributed by atoms with E-state index in [1.807, 2.05) is 0 Å². The number of benzene rings is 3. The van der Waals surface area contributed by atoms with E-state index in [4.69, 9.17) is 0 Å². The first-order valence-corrected chi connectivity index (χ1v) is 12.7. The highest BCUT2D eigenvalue weighted by Crippen LogP contribution is 2.29. The van der Waals surface area contributed by atoms with Gasteiger partial charge in [0, 0.05) is 0 Å². The van der Waals surface area contributed by atoms with Gasteiger partial charge in [0.2, 0.25) is 0 Å². The summed E-state index contributed by atoms with van der Waals surface area (Å²) in [4.78, 5) is 0. The van der Waals surface area contributed by atoms with Gasteiger partial charge in [-0.05, 0) is 49.2 Å². The van der Waals surface area contributed by atoms with E-state index >= 15 is 0 Å². The fourth-order valence-electron chi connectivity index (χ4n) is 4.78. The molecule has 0 aromatic heterocycles. The summed E-state index contributed by atoms with van der Waals surface area (Å²) in [6.45, 7) is 8.91. The first kappa shape index (κ1) is 19.7. The van der Waals surface area contributed by atoms with Gasteiger partial charge in [-0.2, -0.15) is 0 Å². The summed E-state index contributed by atoms with van der Waals surface area (Å²) in [5.74, 6) is 0. The highest BCUT2D eigenvalue weighted by Gasteiger charge is 2.43. The van der Waals surface area contributed by atoms with Gasteiger partial charge in [-0.15, -0.1) is 0 Å². The molecule has 0 spiro atoms. The molecule has 0 amide bonds. The quantitative estimate of drug-likeness (QED) is 0.407. The van der Waals surface area contributed by atoms with Crippen molar-refractivity contribution in [1.29, 1.82) is 0 Å². The summed E-state index contributed by atoms with van der Waals surface area (Å²) in [5.41, 5.74) is 5.48. The molecule has 0 saturated carbocycles. The van der Waals surface area contributed by atoms with Crippen LogP contribution in [0.25, 0.3) is 0 Å². The van der Waals surface area contributed by atoms with E-state index in [0.717, 1.165) is 12.8 Å². The van der Waals surface area contributed by atoms with Gasteiger partial charge in [-0.1, -0.05) is 119 Å². The Morgan fingerprint density at radius 2 is 1.14 bits per heavy atom. The Morgan fingerprint density at radius 3 is 1.48 bits per heavy atom. The second kappa shape index (κ2) is 8.00. The van der Waals surface area contributed by atoms with Gasteiger partial charge >= 0.3 is 0 Å². The summed E-state index contributed by atoms with van der Waals surface area (Å²) in [6, 6.07) is 27.8. The molecule has 29 heavy (non-hydrogen) atoms. The summed E-state index contributed by atoms with van der Waals surface area (Å²) in [7, 11) is -2.33. The molecular formula is C28H30Si. The Balaban J connectivity index is 2.11. The van der Waals surface area contributed by atoms with E-state index in [1.54, 1.807) is 5.20 Å². The molecule has 0 bridgehead atoms. The molecule has 0 nitrogen and oxygen atoms in total. The van der Waals surface area contributed by atoms with Crippen molar-refractivity contribution in [3.63, 3.8) is 0 Å². The Bertz CT molecular complexity index is 990. The van der Waals surface area contributed by atoms with Crippen molar-refractivity contribution in [2.45, 2.75) is 40.5 Å². The van der Waals surface area contributed by atoms with Gasteiger partial charge in [-0.25, -0.2) is 0 Å². The lowest BCUT2D eigenvalue weighted by Gasteiger charge is -2.36. The summed E-state index contributed by atoms with van der Waals surface area (Å²) < 4.78 is 0. The Labute approximate surface area is 176 Å². The maximum atomic E-state index is 2.51. The van der Waals surface area contributed by atoms with Crippen molar-refractivity contribution in [1.82, 2.24) is 0 Å². The lowest BCUT2D eigenvalue weighted by molar-refractivity contribution is 1.15. The van der Waals surface area contributed by atoms with Gasteiger partial charge in [0.25, 0.3) is 0 Å². The molecule has 0 N–H and O–H groups in total. The fraction of sp³-hybridized carbons (Fsp3) is 0.214. The molecule has 0 fully saturated rings. The molecule has 146 valence electrons. The van der Waals surface area contributed by atoms with Crippen LogP contribution in [0.5, 0.6) is 0 Å². The van der Waals surface area contributed by atoms with Crippen LogP contribution in [0, 0.1) is 20.8 Å². The van der Waals surface area contributed by atoms with Gasteiger partial charge in [-0.3, -0.25) is 0 Å². The molecule has 0 atom stereocenters. The zero-order chi connectivity index (χ0) is 20.4. The van der Waals surface area contributed by atoms with Gasteiger partial charge in [0.05, 0.1) is 0 Å². The van der Waals surface area contributed by atoms with Gasteiger partial charge in [0.1, 0.15) is 0 Å². The molecule has 1 heteroatoms. The van der Waals surface area contributed by atoms with Crippen molar-refractivity contribution in [3.8, 4) is 0 Å². The molecule has 0 heterocycles. The van der Waals surface area contributed by atoms with Crippen molar-refractivity contribution in [2.24, 2.45) is 0 Å². The Kier molecular flexibility index (Phi) is 5.43. The molecule has 1 aliphatic rings. The maximum Gasteiger partial charge on any atom is 0.175 e. The SMILES string of the molecule is CCC1=CCC([Si](c2cccc(C)c2)(c2cccc(C)c2)c2cccc(C)c2)=C1. The normalized spacial score (nSPS) is 13.9. The van der Waals surface area contributed by atoms with E-state index in [1.165, 1.54) is 37.8 Å². The molecule has 0 aliphatic heterocycles. The average molecular weight is 395 g/mol. The highest BCUT2D eigenvalue weighted by atomic mass is 28.3. The topological polar surface area (TPSA) is 0 Å². The van der Waals surface area contributed by atoms with Gasteiger partial charge in [0.15, 0.2) is 8.07 Å². The Hall–Kier alpha value is -2.64. The number of hydrogen-bond acceptors (Lipinski definition) is 0. The molecule has 0 radical (unpaired) electrons. The number of allylic oxidation sites excluding steroid dienone is 4. The number of aryl methyl sites for hydroxylation is 3. The van der Waals surface area contributed by atoms with E-state index in [0.29, 0.717) is 0 Å². The van der Waals surface area contributed by atoms with Gasteiger partial charge < -0.3 is 0 Å². The van der Waals surface area contributed by atoms with Crippen LogP contribution >= 0.6 is 0 Å². The minimum atomic E-state index is -2.33. The number of hydrogen-bond donors (Lipinski definition) is 0. The lowest BCUT2D eigenvalue weighted by Crippen LogP contribution is -2.68. The second-order valence-electron chi connectivity index (χ2n) is 8.36. The van der Waals surface area contributed by atoms with E-state index in [2.05, 4.69) is 113 Å². The largest absolute Gasteiger partial charge is 0.175 e. The predicted octanol–water partition coefficient (Wildman–Crippen LogP) is 5.29. The average Bonchev–Trinajstić information content (AvgIpc) is 3.18. The predicted molar refractivity (Wildman–Crippen MR) is 129 cm³/mol. The van der Waals surface area contributed by atoms with Crippen LogP contribution in [-0.2, 0) is 0 Å². The molecule has 1 aliphatic carbocycles. The highest BCUT2D eigenvalue weighted by molar-refractivity contribution is 7.16. The van der Waals surface area contributed by atoms with Crippen LogP contribution in [0.3, 0.4) is 0 Å². The summed E-state index contributed by atoms with van der Waals surface area (Å²) >= 11 is 0. The van der Waals surface area contributed by atoms with E-state index < -0.39 is 8.07 Å². The molecule has 3 aromatic carbocycles. The van der Waals surface area contributed by atoms with Crippen molar-refractivity contribution in [2.75, 3.05) is 0 Å². The first-order chi connectivity index (χ1) is 14.0. The minimum absolute atomic E-state index is 1.06. The monoisotopic (exact) mass is 394 g/mol. The smallest absolute Gasteiger partial charge is 0.0776 e. The van der Waals surface area contributed by atoms with Crippen molar-refractivity contribution >= 4 is 23.6 Å². The first-order valence-electron chi connectivity index (χ1n) is 10.7. The van der Waals surface area contributed by atoms with Crippen LogP contribution in [0.4, 0.5) is 0 Å². The zero-order valence-corrected chi connectivity index (χ0v) is 19.0. The minimum Gasteiger partial charge on any atom is -0.0776 e. The third-order valence-corrected chi connectivity index (χ3v) is 11.0. The van der Waals surface area contributed by atoms with Crippen LogP contribution in [-0.4, -0.2) is 8.07 Å². The van der Waals surface area contributed by atoms with Crippen molar-refractivity contribution in [3.05, 3.63) is 112 Å². The molecular weight excluding hydrogens is 364 g/mol. The van der Waals surface area contributed by atoms with Crippen LogP contribution in [0.2, 0.25) is 0 Å². The number of rotatable bonds is 5. The summed E-state index contributed by atoms with van der Waals surface area (Å²) in [5, 5.41) is 6.08. The summed E-state index contributed by atoms with van der Waals surface area (Å²) in [6.07, 6.45) is 7.12. The maximum absolute atomic E-state index is 2.51. The van der Waals surface area contributed by atoms with E-state index in [9.17, 15) is 0 Å². The van der Waals surface area contributed by atoms with Crippen LogP contribution < -0.4 is 15.6 Å². The standard InChI is InChI=1S/C28H30Si/c1-5-24-15-16-28(20-24)29(25-12-6-9-21(2)17-25,26-13-7-10-22(3)18-26)27-14-8-11-23(4)19-27/h6-15,17-20H,5,16H2,1-4H3. The second-order valence-corrected chi connectivity index (χ2v) is 12.2. The molecule has 0 unspecified atom stereocenters. The van der Waals surface area contributed by atoms with Crippen LogP contribution in [0.1, 0.15) is 36.5 Å². The molecule has 0 saturated heterocycles. The third kappa shape index (κ3) is 3.56. The van der Waals surface area contributed by atoms with Crippen molar-refractivity contribution < 1.29 is 0 Å². The zero-order valence-electron chi connectivity index (χ0n) is 18.0. The third-order valence-electron chi connectivity index (χ3n) is 6.19. The fourth-order valence-corrected chi connectivity index (χ4v) is 10.1. The molecule has 4 rings (SSSR count). The molecule has 3 aromatic rings. The van der Waals surface area contributed by atoms with E-state index in [-0.39, 0.29) is 0 Å². The van der Waals surface area contributed by atoms with Crippen LogP contribution in [0.15, 0.2) is 95.7 Å².